The van der Waals surface area contributed by atoms with Crippen LogP contribution in [0.25, 0.3) is 4.13 Å². The summed E-state index contributed by atoms with van der Waals surface area (Å²) in [5, 5.41) is 1.78. The van der Waals surface area contributed by atoms with Crippen molar-refractivity contribution in [1.29, 1.82) is 0 Å². The number of carbonyl (C=O) groups is 1. The van der Waals surface area contributed by atoms with Crippen LogP contribution in [-0.2, 0) is 49.1 Å². The molecule has 0 aliphatic heterocycles. The third kappa shape index (κ3) is 14.1. The molecule has 0 radical (unpaired) electrons. The van der Waals surface area contributed by atoms with E-state index >= 15 is 0 Å². The van der Waals surface area contributed by atoms with E-state index in [1.54, 1.807) is 5.32 Å². The van der Waals surface area contributed by atoms with Crippen molar-refractivity contribution in [2.45, 2.75) is 55.1 Å². The first-order chi connectivity index (χ1) is 18.3. The van der Waals surface area contributed by atoms with E-state index in [9.17, 15) is 87.5 Å². The molecule has 0 fully saturated rings. The van der Waals surface area contributed by atoms with Gasteiger partial charge >= 0.3 is 35.5 Å². The Kier molecular flexibility index (Phi) is 12.6. The first kappa shape index (κ1) is 39.5. The molecule has 1 aromatic rings. The van der Waals surface area contributed by atoms with Gasteiger partial charge in [0.15, 0.2) is 33.1 Å². The number of hydrogen-bond acceptors (Lipinski definition) is 7. The molecule has 0 aliphatic rings. The molecular weight excluding hydrogens is 681 g/mol. The van der Waals surface area contributed by atoms with E-state index < -0.39 is 93.4 Å². The molecular formula is C15H15F15N4O6S2. The smallest absolute Gasteiger partial charge is 0.468 e. The summed E-state index contributed by atoms with van der Waals surface area (Å²) in [6.07, 6.45) is -13.8. The number of methoxy groups -OCH3 is 1. The second-order valence-electron chi connectivity index (χ2n) is 7.46. The monoisotopic (exact) mass is 696 g/mol. The maximum atomic E-state index is 12.6. The Bertz CT molecular complexity index is 1220. The molecule has 0 saturated heterocycles. The van der Waals surface area contributed by atoms with Crippen molar-refractivity contribution in [3.8, 4) is 0 Å². The van der Waals surface area contributed by atoms with Gasteiger partial charge in [0.25, 0.3) is 0 Å². The number of ether oxygens (including phenoxy) is 1. The fourth-order valence-corrected chi connectivity index (χ4v) is 4.10. The van der Waals surface area contributed by atoms with Crippen LogP contribution in [-0.4, -0.2) is 76.6 Å². The number of nitrogens with one attached hydrogen (secondary N) is 1. The Balaban J connectivity index is 0.000000951. The van der Waals surface area contributed by atoms with Crippen LogP contribution in [0, 0.1) is 0 Å². The van der Waals surface area contributed by atoms with Gasteiger partial charge in [-0.25, -0.2) is 26.0 Å². The van der Waals surface area contributed by atoms with Crippen LogP contribution in [0.15, 0.2) is 12.5 Å². The SMILES string of the molecule is COC(=O)[C@H](Cc1c[n+](CC(F)(F)F)cn1CC(F)(F)F)NCC(F)(F)F.O=S(=O)([N-]S(=O)(=O)C(F)(F)F)C(F)(F)F. The van der Waals surface area contributed by atoms with E-state index in [1.807, 2.05) is 0 Å². The number of esters is 1. The fraction of sp³-hybridized carbons (Fsp3) is 0.733. The summed E-state index contributed by atoms with van der Waals surface area (Å²) < 4.78 is 226. The van der Waals surface area contributed by atoms with Crippen LogP contribution in [0.1, 0.15) is 5.69 Å². The highest BCUT2D eigenvalue weighted by Crippen LogP contribution is 2.36. The molecule has 10 nitrogen and oxygen atoms in total. The second kappa shape index (κ2) is 13.4. The van der Waals surface area contributed by atoms with Crippen molar-refractivity contribution >= 4 is 26.0 Å². The Labute approximate surface area is 224 Å². The lowest BCUT2D eigenvalue weighted by Gasteiger charge is -2.22. The Morgan fingerprint density at radius 3 is 1.64 bits per heavy atom. The van der Waals surface area contributed by atoms with E-state index in [0.29, 0.717) is 21.7 Å². The van der Waals surface area contributed by atoms with Gasteiger partial charge in [0.2, 0.25) is 6.33 Å². The zero-order valence-electron chi connectivity index (χ0n) is 19.8. The molecule has 248 valence electrons. The van der Waals surface area contributed by atoms with Gasteiger partial charge in [-0.05, 0) is 0 Å². The van der Waals surface area contributed by atoms with E-state index in [-0.39, 0.29) is 0 Å². The van der Waals surface area contributed by atoms with E-state index in [2.05, 4.69) is 4.74 Å². The molecule has 1 aromatic heterocycles. The molecule has 0 unspecified atom stereocenters. The van der Waals surface area contributed by atoms with Gasteiger partial charge in [-0.15, -0.1) is 0 Å². The third-order valence-electron chi connectivity index (χ3n) is 3.91. The van der Waals surface area contributed by atoms with Gasteiger partial charge in [0.05, 0.1) is 13.7 Å². The van der Waals surface area contributed by atoms with Crippen molar-refractivity contribution < 1.29 is 96.8 Å². The predicted octanol–water partition coefficient (Wildman–Crippen LogP) is 3.20. The summed E-state index contributed by atoms with van der Waals surface area (Å²) in [6, 6.07) is -1.71. The van der Waals surface area contributed by atoms with Crippen LogP contribution < -0.4 is 9.88 Å². The molecule has 1 N–H and O–H groups in total. The molecule has 1 heterocycles. The lowest BCUT2D eigenvalue weighted by atomic mass is 10.1. The minimum Gasteiger partial charge on any atom is -0.468 e. The highest BCUT2D eigenvalue weighted by Gasteiger charge is 2.47. The van der Waals surface area contributed by atoms with Crippen LogP contribution in [0.4, 0.5) is 65.9 Å². The van der Waals surface area contributed by atoms with E-state index in [1.165, 1.54) is 0 Å². The fourth-order valence-electron chi connectivity index (χ4n) is 2.39. The Hall–Kier alpha value is -2.55. The number of aromatic nitrogens is 2. The maximum absolute atomic E-state index is 12.6. The van der Waals surface area contributed by atoms with Crippen LogP contribution in [0.3, 0.4) is 0 Å². The topological polar surface area (TPSA) is 130 Å². The largest absolute Gasteiger partial charge is 0.480 e. The van der Waals surface area contributed by atoms with Crippen molar-refractivity contribution in [2.75, 3.05) is 13.7 Å². The molecule has 0 bridgehead atoms. The lowest BCUT2D eigenvalue weighted by Crippen LogP contribution is -2.44. The first-order valence-electron chi connectivity index (χ1n) is 9.76. The minimum absolute atomic E-state index is 0.386. The van der Waals surface area contributed by atoms with Crippen molar-refractivity contribution in [1.82, 2.24) is 9.88 Å². The highest BCUT2D eigenvalue weighted by molar-refractivity contribution is 8.13. The number of imidazole rings is 1. The van der Waals surface area contributed by atoms with Gasteiger partial charge in [-0.2, -0.15) is 65.9 Å². The van der Waals surface area contributed by atoms with E-state index in [4.69, 9.17) is 0 Å². The van der Waals surface area contributed by atoms with Crippen LogP contribution >= 0.6 is 0 Å². The molecule has 0 aliphatic carbocycles. The highest BCUT2D eigenvalue weighted by atomic mass is 32.3. The summed E-state index contributed by atoms with van der Waals surface area (Å²) in [7, 11) is -12.6. The molecule has 1 rings (SSSR count). The van der Waals surface area contributed by atoms with Crippen LogP contribution in [0.2, 0.25) is 0 Å². The minimum atomic E-state index is -6.72. The van der Waals surface area contributed by atoms with Crippen molar-refractivity contribution in [3.05, 3.63) is 22.3 Å². The van der Waals surface area contributed by atoms with Gasteiger partial charge in [0.1, 0.15) is 17.9 Å². The zero-order valence-corrected chi connectivity index (χ0v) is 21.5. The number of alkyl halides is 15. The molecule has 0 amide bonds. The van der Waals surface area contributed by atoms with Crippen LogP contribution in [0.5, 0.6) is 0 Å². The number of hydrogen-bond donors (Lipinski definition) is 1. The number of rotatable bonds is 9. The summed E-state index contributed by atoms with van der Waals surface area (Å²) in [6.45, 7) is -4.93. The van der Waals surface area contributed by atoms with Gasteiger partial charge < -0.3 is 8.86 Å². The second-order valence-corrected chi connectivity index (χ2v) is 10.9. The van der Waals surface area contributed by atoms with Gasteiger partial charge in [-0.1, -0.05) is 0 Å². The number of nitrogens with zero attached hydrogens (tertiary/aromatic N) is 3. The third-order valence-corrected chi connectivity index (χ3v) is 6.65. The Morgan fingerprint density at radius 2 is 1.31 bits per heavy atom. The quantitative estimate of drug-likeness (QED) is 0.239. The van der Waals surface area contributed by atoms with Gasteiger partial charge in [0, 0.05) is 6.42 Å². The predicted molar refractivity (Wildman–Crippen MR) is 104 cm³/mol. The summed E-state index contributed by atoms with van der Waals surface area (Å²) in [4.78, 5) is 11.6. The summed E-state index contributed by atoms with van der Waals surface area (Å²) in [5.74, 6) is -1.21. The normalized spacial score (nSPS) is 14.7. The average Bonchev–Trinajstić information content (AvgIpc) is 3.04. The average molecular weight is 696 g/mol. The maximum Gasteiger partial charge on any atom is 0.480 e. The summed E-state index contributed by atoms with van der Waals surface area (Å²) >= 11 is 0. The lowest BCUT2D eigenvalue weighted by molar-refractivity contribution is -0.719. The van der Waals surface area contributed by atoms with Crippen molar-refractivity contribution in [2.24, 2.45) is 0 Å². The molecule has 0 aromatic carbocycles. The number of carbonyl (C=O) groups excluding carboxylic acids is 1. The van der Waals surface area contributed by atoms with Crippen molar-refractivity contribution in [3.63, 3.8) is 0 Å². The standard InChI is InChI=1S/C13H15F9N3O2.C2F6NO4S2/c1-27-10(26)9(23-4-11(14,15)16)2-8-3-24(5-12(17,18)19)7-25(8)6-13(20,21)22;3-1(4,5)14(10,11)9-15(12,13)2(6,7)8/h3,7,9,23H,2,4-6H2,1H3;/q+1;-1/t9-;/m0./s1. The molecule has 27 heteroatoms. The number of sulfonamides is 2. The van der Waals surface area contributed by atoms with Gasteiger partial charge in [-0.3, -0.25) is 10.1 Å². The Morgan fingerprint density at radius 1 is 0.857 bits per heavy atom. The number of halogens is 15. The zero-order chi connectivity index (χ0) is 33.8. The summed E-state index contributed by atoms with van der Waals surface area (Å²) in [5.41, 5.74) is -12.8. The van der Waals surface area contributed by atoms with E-state index in [0.717, 1.165) is 11.2 Å². The molecule has 0 saturated carbocycles. The molecule has 1 atom stereocenters. The molecule has 42 heavy (non-hydrogen) atoms. The molecule has 0 spiro atoms. The first-order valence-corrected chi connectivity index (χ1v) is 12.6.